The van der Waals surface area contributed by atoms with Gasteiger partial charge in [0.15, 0.2) is 9.84 Å². The Bertz CT molecular complexity index is 512. The second-order valence-electron chi connectivity index (χ2n) is 6.02. The fourth-order valence-electron chi connectivity index (χ4n) is 3.09. The van der Waals surface area contributed by atoms with E-state index in [1.165, 1.54) is 0 Å². The molecule has 20 heavy (non-hydrogen) atoms. The molecule has 112 valence electrons. The number of carbonyl (C=O) groups is 1. The molecule has 1 aliphatic heterocycles. The third-order valence-electron chi connectivity index (χ3n) is 4.60. The molecule has 0 aromatic rings. The fraction of sp³-hybridized carbons (Fsp3) is 0.786. The normalized spacial score (nSPS) is 26.5. The molecule has 1 heterocycles. The SMILES string of the molecule is C#CCN(C(=O)CC1(CN)CCC1)C1CCS(=O)(=O)C1. The highest BCUT2D eigenvalue weighted by Crippen LogP contribution is 2.43. The van der Waals surface area contributed by atoms with Gasteiger partial charge in [0.2, 0.25) is 5.91 Å². The maximum absolute atomic E-state index is 12.5. The van der Waals surface area contributed by atoms with Crippen molar-refractivity contribution in [1.82, 2.24) is 4.90 Å². The maximum Gasteiger partial charge on any atom is 0.224 e. The molecule has 2 rings (SSSR count). The van der Waals surface area contributed by atoms with Crippen LogP contribution < -0.4 is 5.73 Å². The molecule has 2 aliphatic rings. The molecule has 1 atom stereocenters. The van der Waals surface area contributed by atoms with Crippen molar-refractivity contribution in [2.24, 2.45) is 11.1 Å². The van der Waals surface area contributed by atoms with Crippen molar-refractivity contribution in [1.29, 1.82) is 0 Å². The quantitative estimate of drug-likeness (QED) is 0.733. The van der Waals surface area contributed by atoms with Gasteiger partial charge < -0.3 is 10.6 Å². The van der Waals surface area contributed by atoms with Crippen LogP contribution in [0.5, 0.6) is 0 Å². The van der Waals surface area contributed by atoms with E-state index in [1.807, 2.05) is 0 Å². The van der Waals surface area contributed by atoms with E-state index in [1.54, 1.807) is 4.90 Å². The van der Waals surface area contributed by atoms with E-state index in [0.717, 1.165) is 19.3 Å². The zero-order valence-corrected chi connectivity index (χ0v) is 12.5. The van der Waals surface area contributed by atoms with Gasteiger partial charge in [-0.1, -0.05) is 12.3 Å². The molecule has 0 spiro atoms. The first kappa shape index (κ1) is 15.3. The van der Waals surface area contributed by atoms with Gasteiger partial charge >= 0.3 is 0 Å². The van der Waals surface area contributed by atoms with Crippen molar-refractivity contribution in [3.63, 3.8) is 0 Å². The summed E-state index contributed by atoms with van der Waals surface area (Å²) >= 11 is 0. The number of rotatable bonds is 5. The van der Waals surface area contributed by atoms with E-state index in [-0.39, 0.29) is 35.4 Å². The van der Waals surface area contributed by atoms with Gasteiger partial charge in [-0.3, -0.25) is 4.79 Å². The summed E-state index contributed by atoms with van der Waals surface area (Å²) < 4.78 is 23.1. The second-order valence-corrected chi connectivity index (χ2v) is 8.25. The molecule has 5 nitrogen and oxygen atoms in total. The van der Waals surface area contributed by atoms with E-state index >= 15 is 0 Å². The molecule has 0 aromatic carbocycles. The lowest BCUT2D eigenvalue weighted by molar-refractivity contribution is -0.136. The average molecular weight is 298 g/mol. The highest BCUT2D eigenvalue weighted by Gasteiger charge is 2.41. The van der Waals surface area contributed by atoms with E-state index in [2.05, 4.69) is 5.92 Å². The van der Waals surface area contributed by atoms with Crippen LogP contribution in [0.1, 0.15) is 32.1 Å². The molecular weight excluding hydrogens is 276 g/mol. The number of hydrogen-bond acceptors (Lipinski definition) is 4. The number of carbonyl (C=O) groups excluding carboxylic acids is 1. The molecule has 0 radical (unpaired) electrons. The van der Waals surface area contributed by atoms with E-state index < -0.39 is 9.84 Å². The van der Waals surface area contributed by atoms with Gasteiger partial charge in [0, 0.05) is 12.5 Å². The molecule has 1 amide bonds. The Morgan fingerprint density at radius 1 is 1.45 bits per heavy atom. The third kappa shape index (κ3) is 3.15. The van der Waals surface area contributed by atoms with Gasteiger partial charge in [-0.2, -0.15) is 0 Å². The summed E-state index contributed by atoms with van der Waals surface area (Å²) in [6.07, 6.45) is 9.27. The van der Waals surface area contributed by atoms with Crippen LogP contribution in [-0.4, -0.2) is 49.9 Å². The lowest BCUT2D eigenvalue weighted by Gasteiger charge is -2.42. The molecule has 1 saturated carbocycles. The number of hydrogen-bond donors (Lipinski definition) is 1. The van der Waals surface area contributed by atoms with Crippen molar-refractivity contribution in [2.45, 2.75) is 38.1 Å². The van der Waals surface area contributed by atoms with E-state index in [9.17, 15) is 13.2 Å². The summed E-state index contributed by atoms with van der Waals surface area (Å²) in [4.78, 5) is 14.0. The summed E-state index contributed by atoms with van der Waals surface area (Å²) in [7, 11) is -3.02. The molecule has 2 fully saturated rings. The molecule has 1 unspecified atom stereocenters. The molecule has 6 heteroatoms. The number of nitrogens with two attached hydrogens (primary N) is 1. The van der Waals surface area contributed by atoms with Gasteiger partial charge in [0.25, 0.3) is 0 Å². The minimum absolute atomic E-state index is 0.0377. The zero-order valence-electron chi connectivity index (χ0n) is 11.7. The van der Waals surface area contributed by atoms with Crippen molar-refractivity contribution >= 4 is 15.7 Å². The summed E-state index contributed by atoms with van der Waals surface area (Å²) in [5.74, 6) is 2.61. The van der Waals surface area contributed by atoms with Crippen molar-refractivity contribution in [2.75, 3.05) is 24.6 Å². The minimum atomic E-state index is -3.02. The van der Waals surface area contributed by atoms with Crippen LogP contribution in [0.15, 0.2) is 0 Å². The number of terminal acetylenes is 1. The van der Waals surface area contributed by atoms with Crippen LogP contribution in [0.3, 0.4) is 0 Å². The number of nitrogens with zero attached hydrogens (tertiary/aromatic N) is 1. The van der Waals surface area contributed by atoms with Crippen molar-refractivity contribution in [3.8, 4) is 12.3 Å². The molecule has 0 aromatic heterocycles. The van der Waals surface area contributed by atoms with Gasteiger partial charge in [0.05, 0.1) is 18.1 Å². The Balaban J connectivity index is 2.05. The highest BCUT2D eigenvalue weighted by atomic mass is 32.2. The summed E-state index contributed by atoms with van der Waals surface area (Å²) in [5.41, 5.74) is 5.70. The Kier molecular flexibility index (Phi) is 4.40. The average Bonchev–Trinajstić information content (AvgIpc) is 2.70. The standard InChI is InChI=1S/C14H22N2O3S/c1-2-7-16(12-4-8-20(18,19)10-12)13(17)9-14(11-15)5-3-6-14/h1,12H,3-11,15H2. The van der Waals surface area contributed by atoms with Crippen LogP contribution in [0, 0.1) is 17.8 Å². The van der Waals surface area contributed by atoms with Crippen molar-refractivity contribution < 1.29 is 13.2 Å². The lowest BCUT2D eigenvalue weighted by Crippen LogP contribution is -2.47. The first-order valence-electron chi connectivity index (χ1n) is 7.05. The smallest absolute Gasteiger partial charge is 0.224 e. The van der Waals surface area contributed by atoms with Crippen LogP contribution in [0.4, 0.5) is 0 Å². The molecular formula is C14H22N2O3S. The van der Waals surface area contributed by atoms with E-state index in [4.69, 9.17) is 12.2 Å². The molecule has 1 saturated heterocycles. The molecule has 2 N–H and O–H groups in total. The van der Waals surface area contributed by atoms with E-state index in [0.29, 0.717) is 19.4 Å². The summed E-state index contributed by atoms with van der Waals surface area (Å²) in [5, 5.41) is 0. The van der Waals surface area contributed by atoms with Gasteiger partial charge in [0.1, 0.15) is 0 Å². The predicted molar refractivity (Wildman–Crippen MR) is 77.6 cm³/mol. The van der Waals surface area contributed by atoms with Crippen LogP contribution in [0.2, 0.25) is 0 Å². The van der Waals surface area contributed by atoms with Crippen LogP contribution >= 0.6 is 0 Å². The first-order chi connectivity index (χ1) is 9.41. The van der Waals surface area contributed by atoms with Crippen LogP contribution in [0.25, 0.3) is 0 Å². The summed E-state index contributed by atoms with van der Waals surface area (Å²) in [6, 6.07) is -0.265. The first-order valence-corrected chi connectivity index (χ1v) is 8.87. The maximum atomic E-state index is 12.5. The Morgan fingerprint density at radius 2 is 2.15 bits per heavy atom. The second kappa shape index (κ2) is 5.74. The predicted octanol–water partition coefficient (Wildman–Crippen LogP) is 0.154. The largest absolute Gasteiger partial charge is 0.330 e. The summed E-state index contributed by atoms with van der Waals surface area (Å²) in [6.45, 7) is 0.686. The monoisotopic (exact) mass is 298 g/mol. The highest BCUT2D eigenvalue weighted by molar-refractivity contribution is 7.91. The minimum Gasteiger partial charge on any atom is -0.330 e. The van der Waals surface area contributed by atoms with Gasteiger partial charge in [-0.05, 0) is 31.2 Å². The molecule has 1 aliphatic carbocycles. The van der Waals surface area contributed by atoms with Gasteiger partial charge in [-0.25, -0.2) is 8.42 Å². The molecule has 0 bridgehead atoms. The Labute approximate surface area is 120 Å². The third-order valence-corrected chi connectivity index (χ3v) is 6.35. The number of sulfone groups is 1. The fourth-order valence-corrected chi connectivity index (χ4v) is 4.82. The lowest BCUT2D eigenvalue weighted by atomic mass is 9.66. The van der Waals surface area contributed by atoms with Crippen LogP contribution in [-0.2, 0) is 14.6 Å². The zero-order chi connectivity index (χ0) is 14.8. The number of amides is 1. The Hall–Kier alpha value is -1.06. The topological polar surface area (TPSA) is 80.5 Å². The van der Waals surface area contributed by atoms with Gasteiger partial charge in [-0.15, -0.1) is 6.42 Å². The van der Waals surface area contributed by atoms with Crippen molar-refractivity contribution in [3.05, 3.63) is 0 Å². The Morgan fingerprint density at radius 3 is 2.55 bits per heavy atom.